The van der Waals surface area contributed by atoms with Crippen LogP contribution in [0.3, 0.4) is 0 Å². The van der Waals surface area contributed by atoms with E-state index < -0.39 is 0 Å². The van der Waals surface area contributed by atoms with E-state index in [1.165, 1.54) is 0 Å². The van der Waals surface area contributed by atoms with Crippen LogP contribution < -0.4 is 5.73 Å². The standard InChI is InChI=1S/C15H21N3O2.ClH/c1-11(2)14(19)17-6-8-18(9-7-17)15(20)12-4-3-5-13(16)10-12;/h3-5,10-11H,6-9,16H2,1-2H3;1H. The fourth-order valence-electron chi connectivity index (χ4n) is 2.35. The number of nitrogens with two attached hydrogens (primary N) is 1. The van der Waals surface area contributed by atoms with Crippen LogP contribution in [0.5, 0.6) is 0 Å². The lowest BCUT2D eigenvalue weighted by Gasteiger charge is -2.35. The molecule has 0 spiro atoms. The van der Waals surface area contributed by atoms with Crippen LogP contribution in [0, 0.1) is 5.92 Å². The van der Waals surface area contributed by atoms with Gasteiger partial charge in [-0.05, 0) is 18.2 Å². The number of piperazine rings is 1. The van der Waals surface area contributed by atoms with Crippen molar-refractivity contribution >= 4 is 29.9 Å². The van der Waals surface area contributed by atoms with E-state index in [-0.39, 0.29) is 30.1 Å². The molecule has 1 saturated heterocycles. The van der Waals surface area contributed by atoms with Gasteiger partial charge < -0.3 is 15.5 Å². The lowest BCUT2D eigenvalue weighted by Crippen LogP contribution is -2.51. The first kappa shape index (κ1) is 17.3. The molecule has 1 aromatic rings. The van der Waals surface area contributed by atoms with Gasteiger partial charge in [-0.15, -0.1) is 12.4 Å². The number of nitrogens with zero attached hydrogens (tertiary/aromatic N) is 2. The SMILES string of the molecule is CC(C)C(=O)N1CCN(C(=O)c2cccc(N)c2)CC1.Cl. The monoisotopic (exact) mass is 311 g/mol. The number of rotatable bonds is 2. The number of hydrogen-bond donors (Lipinski definition) is 1. The highest BCUT2D eigenvalue weighted by Gasteiger charge is 2.25. The van der Waals surface area contributed by atoms with Crippen LogP contribution in [0.1, 0.15) is 24.2 Å². The summed E-state index contributed by atoms with van der Waals surface area (Å²) >= 11 is 0. The summed E-state index contributed by atoms with van der Waals surface area (Å²) in [6, 6.07) is 7.00. The lowest BCUT2D eigenvalue weighted by atomic mass is 10.1. The summed E-state index contributed by atoms with van der Waals surface area (Å²) in [7, 11) is 0. The Hall–Kier alpha value is -1.75. The first-order valence-corrected chi connectivity index (χ1v) is 6.92. The van der Waals surface area contributed by atoms with Gasteiger partial charge in [0.15, 0.2) is 0 Å². The second-order valence-corrected chi connectivity index (χ2v) is 5.40. The van der Waals surface area contributed by atoms with Crippen LogP contribution >= 0.6 is 12.4 Å². The Kier molecular flexibility index (Phi) is 6.03. The quantitative estimate of drug-likeness (QED) is 0.844. The maximum Gasteiger partial charge on any atom is 0.254 e. The second-order valence-electron chi connectivity index (χ2n) is 5.40. The molecule has 0 aromatic heterocycles. The van der Waals surface area contributed by atoms with Gasteiger partial charge in [-0.3, -0.25) is 9.59 Å². The number of halogens is 1. The predicted octanol–water partition coefficient (Wildman–Crippen LogP) is 1.63. The molecule has 0 radical (unpaired) electrons. The molecular formula is C15H22ClN3O2. The highest BCUT2D eigenvalue weighted by molar-refractivity contribution is 5.95. The van der Waals surface area contributed by atoms with Crippen molar-refractivity contribution in [1.82, 2.24) is 9.80 Å². The molecule has 116 valence electrons. The fraction of sp³-hybridized carbons (Fsp3) is 0.467. The lowest BCUT2D eigenvalue weighted by molar-refractivity contribution is -0.135. The summed E-state index contributed by atoms with van der Waals surface area (Å²) in [5.74, 6) is 0.140. The molecule has 0 atom stereocenters. The number of anilines is 1. The Morgan fingerprint density at radius 1 is 1.10 bits per heavy atom. The van der Waals surface area contributed by atoms with Gasteiger partial charge in [-0.1, -0.05) is 19.9 Å². The largest absolute Gasteiger partial charge is 0.399 e. The number of hydrogen-bond acceptors (Lipinski definition) is 3. The molecule has 1 aliphatic heterocycles. The van der Waals surface area contributed by atoms with E-state index in [0.29, 0.717) is 37.4 Å². The summed E-state index contributed by atoms with van der Waals surface area (Å²) < 4.78 is 0. The van der Waals surface area contributed by atoms with Crippen molar-refractivity contribution in [2.24, 2.45) is 5.92 Å². The molecule has 2 amide bonds. The number of benzene rings is 1. The van der Waals surface area contributed by atoms with Gasteiger partial charge in [-0.2, -0.15) is 0 Å². The zero-order valence-electron chi connectivity index (χ0n) is 12.4. The Bertz CT molecular complexity index is 511. The number of carbonyl (C=O) groups excluding carboxylic acids is 2. The number of amides is 2. The highest BCUT2D eigenvalue weighted by Crippen LogP contribution is 2.13. The minimum atomic E-state index is -0.0195. The molecule has 1 aromatic carbocycles. The predicted molar refractivity (Wildman–Crippen MR) is 85.4 cm³/mol. The Morgan fingerprint density at radius 2 is 1.67 bits per heavy atom. The van der Waals surface area contributed by atoms with E-state index in [9.17, 15) is 9.59 Å². The topological polar surface area (TPSA) is 66.6 Å². The minimum absolute atomic E-state index is 0. The third-order valence-corrected chi connectivity index (χ3v) is 3.51. The first-order valence-electron chi connectivity index (χ1n) is 6.92. The van der Waals surface area contributed by atoms with Crippen LogP contribution in [0.25, 0.3) is 0 Å². The van der Waals surface area contributed by atoms with Crippen molar-refractivity contribution in [3.05, 3.63) is 29.8 Å². The van der Waals surface area contributed by atoms with Gasteiger partial charge in [0.2, 0.25) is 5.91 Å². The van der Waals surface area contributed by atoms with Gasteiger partial charge in [0, 0.05) is 43.3 Å². The third kappa shape index (κ3) is 4.11. The van der Waals surface area contributed by atoms with Gasteiger partial charge in [0.25, 0.3) is 5.91 Å². The molecule has 6 heteroatoms. The molecule has 1 aliphatic rings. The summed E-state index contributed by atoms with van der Waals surface area (Å²) in [4.78, 5) is 27.8. The zero-order valence-corrected chi connectivity index (χ0v) is 13.2. The molecule has 0 aliphatic carbocycles. The average molecular weight is 312 g/mol. The molecule has 2 rings (SSSR count). The molecule has 1 fully saturated rings. The van der Waals surface area contributed by atoms with Crippen LogP contribution in [-0.2, 0) is 4.79 Å². The van der Waals surface area contributed by atoms with Crippen molar-refractivity contribution in [1.29, 1.82) is 0 Å². The van der Waals surface area contributed by atoms with Gasteiger partial charge >= 0.3 is 0 Å². The van der Waals surface area contributed by atoms with Crippen LogP contribution in [0.15, 0.2) is 24.3 Å². The first-order chi connectivity index (χ1) is 9.49. The molecule has 5 nitrogen and oxygen atoms in total. The Balaban J connectivity index is 0.00000220. The van der Waals surface area contributed by atoms with Crippen molar-refractivity contribution in [2.75, 3.05) is 31.9 Å². The van der Waals surface area contributed by atoms with E-state index in [0.717, 1.165) is 0 Å². The van der Waals surface area contributed by atoms with E-state index in [4.69, 9.17) is 5.73 Å². The molecule has 0 bridgehead atoms. The van der Waals surface area contributed by atoms with Gasteiger partial charge in [0.05, 0.1) is 0 Å². The fourth-order valence-corrected chi connectivity index (χ4v) is 2.35. The van der Waals surface area contributed by atoms with Crippen molar-refractivity contribution in [2.45, 2.75) is 13.8 Å². The smallest absolute Gasteiger partial charge is 0.254 e. The maximum atomic E-state index is 12.3. The van der Waals surface area contributed by atoms with Crippen molar-refractivity contribution in [3.8, 4) is 0 Å². The van der Waals surface area contributed by atoms with Gasteiger partial charge in [0.1, 0.15) is 0 Å². The average Bonchev–Trinajstić information content (AvgIpc) is 2.46. The van der Waals surface area contributed by atoms with Crippen molar-refractivity contribution in [3.63, 3.8) is 0 Å². The van der Waals surface area contributed by atoms with E-state index in [1.54, 1.807) is 29.2 Å². The summed E-state index contributed by atoms with van der Waals surface area (Å²) in [6.07, 6.45) is 0. The number of carbonyl (C=O) groups is 2. The number of nitrogen functional groups attached to an aromatic ring is 1. The van der Waals surface area contributed by atoms with Gasteiger partial charge in [-0.25, -0.2) is 0 Å². The second kappa shape index (κ2) is 7.31. The van der Waals surface area contributed by atoms with Crippen LogP contribution in [0.2, 0.25) is 0 Å². The van der Waals surface area contributed by atoms with E-state index in [2.05, 4.69) is 0 Å². The summed E-state index contributed by atoms with van der Waals surface area (Å²) in [5, 5.41) is 0. The Labute approximate surface area is 131 Å². The van der Waals surface area contributed by atoms with Crippen LogP contribution in [-0.4, -0.2) is 47.8 Å². The molecule has 1 heterocycles. The Morgan fingerprint density at radius 3 is 2.19 bits per heavy atom. The zero-order chi connectivity index (χ0) is 14.7. The summed E-state index contributed by atoms with van der Waals surface area (Å²) in [6.45, 7) is 6.15. The van der Waals surface area contributed by atoms with E-state index >= 15 is 0 Å². The molecule has 21 heavy (non-hydrogen) atoms. The molecule has 2 N–H and O–H groups in total. The molecule has 0 unspecified atom stereocenters. The van der Waals surface area contributed by atoms with Crippen molar-refractivity contribution < 1.29 is 9.59 Å². The normalized spacial score (nSPS) is 14.8. The van der Waals surface area contributed by atoms with Crippen LogP contribution in [0.4, 0.5) is 5.69 Å². The van der Waals surface area contributed by atoms with E-state index in [1.807, 2.05) is 18.7 Å². The summed E-state index contributed by atoms with van der Waals surface area (Å²) in [5.41, 5.74) is 6.89. The highest BCUT2D eigenvalue weighted by atomic mass is 35.5. The molecular weight excluding hydrogens is 290 g/mol. The maximum absolute atomic E-state index is 12.3. The minimum Gasteiger partial charge on any atom is -0.399 e. The molecule has 0 saturated carbocycles. The third-order valence-electron chi connectivity index (χ3n) is 3.51.